The minimum Gasteiger partial charge on any atom is -0.481 e. The van der Waals surface area contributed by atoms with Crippen LogP contribution in [0.2, 0.25) is 0 Å². The molecular weight excluding hydrogens is 280 g/mol. The van der Waals surface area contributed by atoms with Gasteiger partial charge in [0.25, 0.3) is 0 Å². The van der Waals surface area contributed by atoms with Crippen molar-refractivity contribution >= 4 is 17.7 Å². The number of carboxylic acid groups (broad SMARTS) is 1. The molecule has 0 heterocycles. The Labute approximate surface area is 130 Å². The summed E-state index contributed by atoms with van der Waals surface area (Å²) >= 11 is 1.88. The average molecular weight is 300 g/mol. The highest BCUT2D eigenvalue weighted by atomic mass is 32.2. The summed E-state index contributed by atoms with van der Waals surface area (Å²) in [4.78, 5) is 10.9. The van der Waals surface area contributed by atoms with Gasteiger partial charge in [-0.2, -0.15) is 11.8 Å². The topological polar surface area (TPSA) is 37.3 Å². The number of hydrogen-bond acceptors (Lipinski definition) is 2. The molecule has 3 heteroatoms. The summed E-state index contributed by atoms with van der Waals surface area (Å²) in [7, 11) is 0. The Hall–Kier alpha value is -1.74. The first kappa shape index (κ1) is 15.6. The molecule has 0 saturated heterocycles. The van der Waals surface area contributed by atoms with E-state index in [-0.39, 0.29) is 0 Å². The molecule has 2 aromatic rings. The van der Waals surface area contributed by atoms with E-state index >= 15 is 0 Å². The lowest BCUT2D eigenvalue weighted by Crippen LogP contribution is -2.07. The third-order valence-corrected chi connectivity index (χ3v) is 4.69. The third kappa shape index (κ3) is 4.36. The van der Waals surface area contributed by atoms with Crippen molar-refractivity contribution in [2.24, 2.45) is 0 Å². The van der Waals surface area contributed by atoms with E-state index in [2.05, 4.69) is 31.2 Å². The van der Waals surface area contributed by atoms with E-state index in [4.69, 9.17) is 5.11 Å². The molecule has 1 N–H and O–H groups in total. The molecule has 0 fully saturated rings. The quantitative estimate of drug-likeness (QED) is 0.846. The molecule has 0 aliphatic heterocycles. The maximum Gasteiger partial charge on any atom is 0.310 e. The molecule has 21 heavy (non-hydrogen) atoms. The van der Waals surface area contributed by atoms with Crippen molar-refractivity contribution in [1.29, 1.82) is 0 Å². The standard InChI is InChI=1S/C18H20O2S/c1-13-5-3-4-6-17(13)12-21-11-15-7-9-16(10-8-15)14(2)18(19)20/h3-10,14H,11-12H2,1-2H3,(H,19,20). The van der Waals surface area contributed by atoms with Crippen molar-refractivity contribution in [2.45, 2.75) is 31.3 Å². The van der Waals surface area contributed by atoms with E-state index in [9.17, 15) is 4.79 Å². The number of thioether (sulfide) groups is 1. The summed E-state index contributed by atoms with van der Waals surface area (Å²) in [6, 6.07) is 16.3. The van der Waals surface area contributed by atoms with Gasteiger partial charge in [0.05, 0.1) is 5.92 Å². The smallest absolute Gasteiger partial charge is 0.310 e. The van der Waals surface area contributed by atoms with Gasteiger partial charge in [0.1, 0.15) is 0 Å². The van der Waals surface area contributed by atoms with E-state index in [1.54, 1.807) is 6.92 Å². The maximum atomic E-state index is 10.9. The molecule has 0 spiro atoms. The van der Waals surface area contributed by atoms with Crippen LogP contribution in [0.4, 0.5) is 0 Å². The summed E-state index contributed by atoms with van der Waals surface area (Å²) in [5, 5.41) is 8.99. The van der Waals surface area contributed by atoms with Gasteiger partial charge < -0.3 is 5.11 Å². The lowest BCUT2D eigenvalue weighted by molar-refractivity contribution is -0.138. The zero-order chi connectivity index (χ0) is 15.2. The average Bonchev–Trinajstić information content (AvgIpc) is 2.49. The summed E-state index contributed by atoms with van der Waals surface area (Å²) in [6.45, 7) is 3.85. The van der Waals surface area contributed by atoms with Crippen LogP contribution in [0.15, 0.2) is 48.5 Å². The molecule has 1 unspecified atom stereocenters. The van der Waals surface area contributed by atoms with Gasteiger partial charge >= 0.3 is 5.97 Å². The van der Waals surface area contributed by atoms with Crippen LogP contribution in [0, 0.1) is 6.92 Å². The van der Waals surface area contributed by atoms with Crippen LogP contribution >= 0.6 is 11.8 Å². The molecule has 0 radical (unpaired) electrons. The Kier molecular flexibility index (Phi) is 5.45. The van der Waals surface area contributed by atoms with Crippen LogP contribution in [0.3, 0.4) is 0 Å². The van der Waals surface area contributed by atoms with Crippen LogP contribution in [0.1, 0.15) is 35.1 Å². The molecule has 0 aliphatic rings. The number of benzene rings is 2. The monoisotopic (exact) mass is 300 g/mol. The fraction of sp³-hybridized carbons (Fsp3) is 0.278. The van der Waals surface area contributed by atoms with E-state index < -0.39 is 11.9 Å². The number of carboxylic acids is 1. The molecule has 0 bridgehead atoms. The molecule has 2 aromatic carbocycles. The molecule has 0 aliphatic carbocycles. The van der Waals surface area contributed by atoms with Gasteiger partial charge in [-0.15, -0.1) is 0 Å². The zero-order valence-electron chi connectivity index (χ0n) is 12.4. The number of aryl methyl sites for hydroxylation is 1. The summed E-state index contributed by atoms with van der Waals surface area (Å²) in [5.41, 5.74) is 4.79. The van der Waals surface area contributed by atoms with Gasteiger partial charge in [0.2, 0.25) is 0 Å². The van der Waals surface area contributed by atoms with Gasteiger partial charge in [-0.1, -0.05) is 48.5 Å². The van der Waals surface area contributed by atoms with Gasteiger partial charge in [-0.05, 0) is 36.1 Å². The van der Waals surface area contributed by atoms with E-state index in [0.29, 0.717) is 0 Å². The number of hydrogen-bond donors (Lipinski definition) is 1. The Bertz CT molecular complexity index is 605. The van der Waals surface area contributed by atoms with Crippen molar-refractivity contribution in [2.75, 3.05) is 0 Å². The second kappa shape index (κ2) is 7.32. The van der Waals surface area contributed by atoms with Gasteiger partial charge in [-0.3, -0.25) is 4.79 Å². The molecule has 2 rings (SSSR count). The highest BCUT2D eigenvalue weighted by Gasteiger charge is 2.12. The molecule has 0 aromatic heterocycles. The summed E-state index contributed by atoms with van der Waals surface area (Å²) in [5.74, 6) is 0.714. The molecule has 110 valence electrons. The molecule has 0 amide bonds. The fourth-order valence-corrected chi connectivity index (χ4v) is 3.17. The Morgan fingerprint density at radius 2 is 1.76 bits per heavy atom. The van der Waals surface area contributed by atoms with Crippen LogP contribution in [0.5, 0.6) is 0 Å². The third-order valence-electron chi connectivity index (χ3n) is 3.64. The largest absolute Gasteiger partial charge is 0.481 e. The lowest BCUT2D eigenvalue weighted by atomic mass is 10.0. The van der Waals surface area contributed by atoms with Gasteiger partial charge in [-0.25, -0.2) is 0 Å². The summed E-state index contributed by atoms with van der Waals surface area (Å²) in [6.07, 6.45) is 0. The van der Waals surface area contributed by atoms with Crippen molar-refractivity contribution in [3.05, 3.63) is 70.8 Å². The fourth-order valence-electron chi connectivity index (χ4n) is 2.10. The van der Waals surface area contributed by atoms with Crippen LogP contribution in [-0.2, 0) is 16.3 Å². The first-order chi connectivity index (χ1) is 10.1. The van der Waals surface area contributed by atoms with Crippen molar-refractivity contribution in [1.82, 2.24) is 0 Å². The predicted molar refractivity (Wildman–Crippen MR) is 88.7 cm³/mol. The first-order valence-electron chi connectivity index (χ1n) is 7.02. The number of aliphatic carboxylic acids is 1. The van der Waals surface area contributed by atoms with Crippen molar-refractivity contribution < 1.29 is 9.90 Å². The van der Waals surface area contributed by atoms with E-state index in [1.165, 1.54) is 16.7 Å². The molecule has 0 saturated carbocycles. The predicted octanol–water partition coefficient (Wildman–Crippen LogP) is 4.62. The number of rotatable bonds is 6. The first-order valence-corrected chi connectivity index (χ1v) is 8.17. The van der Waals surface area contributed by atoms with E-state index in [1.807, 2.05) is 36.0 Å². The number of carbonyl (C=O) groups is 1. The van der Waals surface area contributed by atoms with Crippen LogP contribution in [-0.4, -0.2) is 11.1 Å². The minimum absolute atomic E-state index is 0.446. The Morgan fingerprint density at radius 3 is 2.38 bits per heavy atom. The van der Waals surface area contributed by atoms with Crippen LogP contribution < -0.4 is 0 Å². The Balaban J connectivity index is 1.90. The van der Waals surface area contributed by atoms with Gasteiger partial charge in [0.15, 0.2) is 0 Å². The van der Waals surface area contributed by atoms with Crippen LogP contribution in [0.25, 0.3) is 0 Å². The lowest BCUT2D eigenvalue weighted by Gasteiger charge is -2.08. The highest BCUT2D eigenvalue weighted by Crippen LogP contribution is 2.22. The maximum absolute atomic E-state index is 10.9. The molecular formula is C18H20O2S. The molecule has 1 atom stereocenters. The second-order valence-corrected chi connectivity index (χ2v) is 6.21. The highest BCUT2D eigenvalue weighted by molar-refractivity contribution is 7.97. The zero-order valence-corrected chi connectivity index (χ0v) is 13.2. The summed E-state index contributed by atoms with van der Waals surface area (Å²) < 4.78 is 0. The Morgan fingerprint density at radius 1 is 1.10 bits per heavy atom. The molecule has 2 nitrogen and oxygen atoms in total. The van der Waals surface area contributed by atoms with Gasteiger partial charge in [0, 0.05) is 11.5 Å². The van der Waals surface area contributed by atoms with E-state index in [0.717, 1.165) is 17.1 Å². The normalized spacial score (nSPS) is 12.1. The second-order valence-electron chi connectivity index (χ2n) is 5.22. The minimum atomic E-state index is -0.781. The van der Waals surface area contributed by atoms with Crippen molar-refractivity contribution in [3.63, 3.8) is 0 Å². The van der Waals surface area contributed by atoms with Crippen molar-refractivity contribution in [3.8, 4) is 0 Å². The SMILES string of the molecule is Cc1ccccc1CSCc1ccc(C(C)C(=O)O)cc1.